The van der Waals surface area contributed by atoms with Crippen molar-refractivity contribution >= 4 is 9.47 Å². The molecule has 0 aromatic heterocycles. The summed E-state index contributed by atoms with van der Waals surface area (Å²) in [5, 5.41) is 0. The summed E-state index contributed by atoms with van der Waals surface area (Å²) in [6.07, 6.45) is 2.94. The molecule has 3 atom stereocenters. The lowest BCUT2D eigenvalue weighted by atomic mass is 9.55. The van der Waals surface area contributed by atoms with Crippen LogP contribution in [0.25, 0.3) is 0 Å². The third-order valence-electron chi connectivity index (χ3n) is 5.48. The van der Waals surface area contributed by atoms with Crippen molar-refractivity contribution < 1.29 is 4.52 Å². The molecule has 1 rings (SSSR count). The molecule has 2 heteroatoms. The normalized spacial score (nSPS) is 33.3. The Morgan fingerprint density at radius 2 is 1.05 bits per heavy atom. The summed E-state index contributed by atoms with van der Waals surface area (Å²) in [6.45, 7) is 21.5. The molecular formula is C18H37OP. The van der Waals surface area contributed by atoms with Gasteiger partial charge in [-0.25, -0.2) is 0 Å². The van der Waals surface area contributed by atoms with Crippen LogP contribution < -0.4 is 0 Å². The summed E-state index contributed by atoms with van der Waals surface area (Å²) in [4.78, 5) is 0. The highest BCUT2D eigenvalue weighted by Crippen LogP contribution is 2.53. The second-order valence-electron chi connectivity index (χ2n) is 10.1. The zero-order chi connectivity index (χ0) is 15.9. The van der Waals surface area contributed by atoms with Crippen LogP contribution in [-0.2, 0) is 4.52 Å². The van der Waals surface area contributed by atoms with Gasteiger partial charge in [0.1, 0.15) is 0 Å². The lowest BCUT2D eigenvalue weighted by Gasteiger charge is -2.53. The summed E-state index contributed by atoms with van der Waals surface area (Å²) >= 11 is 0. The van der Waals surface area contributed by atoms with Crippen LogP contribution in [0.3, 0.4) is 0 Å². The summed E-state index contributed by atoms with van der Waals surface area (Å²) < 4.78 is 5.95. The highest BCUT2D eigenvalue weighted by Gasteiger charge is 2.49. The molecule has 1 saturated carbocycles. The van der Waals surface area contributed by atoms with E-state index in [9.17, 15) is 0 Å². The summed E-state index contributed by atoms with van der Waals surface area (Å²) in [6, 6.07) is 0. The molecule has 1 aliphatic carbocycles. The Kier molecular flexibility index (Phi) is 5.42. The highest BCUT2D eigenvalue weighted by molar-refractivity contribution is 7.09. The highest BCUT2D eigenvalue weighted by atomic mass is 31.0. The van der Waals surface area contributed by atoms with Gasteiger partial charge in [-0.05, 0) is 46.8 Å². The first kappa shape index (κ1) is 18.4. The minimum atomic E-state index is 0.300. The quantitative estimate of drug-likeness (QED) is 0.544. The predicted octanol–water partition coefficient (Wildman–Crippen LogP) is 5.94. The first-order valence-corrected chi connectivity index (χ1v) is 8.61. The molecule has 20 heavy (non-hydrogen) atoms. The van der Waals surface area contributed by atoms with E-state index in [-0.39, 0.29) is 0 Å². The largest absolute Gasteiger partial charge is 0.362 e. The standard InChI is InChI=1S/C18H37OP/c1-16(2,3)12-10-13(17(4,5)6)15(19-20)14(11-12)18(7,8)9/h12-15H,10-11,20H2,1-9H3. The minimum Gasteiger partial charge on any atom is -0.362 e. The molecule has 0 amide bonds. The van der Waals surface area contributed by atoms with Crippen LogP contribution in [0.2, 0.25) is 0 Å². The number of rotatable bonds is 1. The van der Waals surface area contributed by atoms with Gasteiger partial charge in [-0.1, -0.05) is 62.3 Å². The van der Waals surface area contributed by atoms with E-state index in [2.05, 4.69) is 71.8 Å². The van der Waals surface area contributed by atoms with Crippen molar-refractivity contribution in [1.82, 2.24) is 0 Å². The van der Waals surface area contributed by atoms with E-state index in [1.165, 1.54) is 12.8 Å². The van der Waals surface area contributed by atoms with Crippen molar-refractivity contribution in [3.63, 3.8) is 0 Å². The van der Waals surface area contributed by atoms with Gasteiger partial charge in [0.05, 0.1) is 6.10 Å². The smallest absolute Gasteiger partial charge is 0.0677 e. The Labute approximate surface area is 129 Å². The molecule has 0 aliphatic heterocycles. The van der Waals surface area contributed by atoms with Gasteiger partial charge in [0, 0.05) is 9.47 Å². The Hall–Kier alpha value is 0.390. The predicted molar refractivity (Wildman–Crippen MR) is 92.7 cm³/mol. The van der Waals surface area contributed by atoms with Crippen LogP contribution in [0.5, 0.6) is 0 Å². The van der Waals surface area contributed by atoms with Crippen LogP contribution in [0, 0.1) is 34.0 Å². The van der Waals surface area contributed by atoms with Gasteiger partial charge in [-0.15, -0.1) is 0 Å². The first-order valence-electron chi connectivity index (χ1n) is 8.14. The average molecular weight is 300 g/mol. The van der Waals surface area contributed by atoms with Crippen LogP contribution in [-0.4, -0.2) is 6.10 Å². The molecule has 120 valence electrons. The molecule has 0 bridgehead atoms. The van der Waals surface area contributed by atoms with Crippen LogP contribution in [0.15, 0.2) is 0 Å². The van der Waals surface area contributed by atoms with Crippen molar-refractivity contribution in [3.05, 3.63) is 0 Å². The molecule has 0 aromatic carbocycles. The third-order valence-corrected chi connectivity index (χ3v) is 5.79. The minimum absolute atomic E-state index is 0.300. The maximum atomic E-state index is 5.95. The molecule has 1 nitrogen and oxygen atoms in total. The Balaban J connectivity index is 3.16. The SMILES string of the molecule is CC(C)(C)C1CC(C(C)(C)C)C(OP)C(C(C)(C)C)C1. The maximum Gasteiger partial charge on any atom is 0.0677 e. The fourth-order valence-electron chi connectivity index (χ4n) is 3.85. The Bertz CT molecular complexity index is 292. The van der Waals surface area contributed by atoms with E-state index in [4.69, 9.17) is 4.52 Å². The van der Waals surface area contributed by atoms with Crippen LogP contribution in [0.1, 0.15) is 75.2 Å². The van der Waals surface area contributed by atoms with Crippen molar-refractivity contribution in [2.45, 2.75) is 81.3 Å². The van der Waals surface area contributed by atoms with Crippen molar-refractivity contribution in [2.24, 2.45) is 34.0 Å². The first-order chi connectivity index (χ1) is 8.78. The van der Waals surface area contributed by atoms with Crippen LogP contribution >= 0.6 is 9.47 Å². The maximum absolute atomic E-state index is 5.95. The molecule has 1 fully saturated rings. The van der Waals surface area contributed by atoms with Crippen molar-refractivity contribution in [2.75, 3.05) is 0 Å². The average Bonchev–Trinajstić information content (AvgIpc) is 2.23. The van der Waals surface area contributed by atoms with Crippen molar-refractivity contribution in [3.8, 4) is 0 Å². The number of hydrogen-bond donors (Lipinski definition) is 0. The summed E-state index contributed by atoms with van der Waals surface area (Å²) in [5.74, 6) is 2.04. The van der Waals surface area contributed by atoms with E-state index in [1.807, 2.05) is 0 Å². The topological polar surface area (TPSA) is 9.23 Å². The van der Waals surface area contributed by atoms with Gasteiger partial charge in [0.2, 0.25) is 0 Å². The molecule has 0 radical (unpaired) electrons. The molecule has 0 N–H and O–H groups in total. The Morgan fingerprint density at radius 3 is 1.25 bits per heavy atom. The second kappa shape index (κ2) is 5.88. The van der Waals surface area contributed by atoms with Gasteiger partial charge in [-0.2, -0.15) is 0 Å². The summed E-state index contributed by atoms with van der Waals surface area (Å²) in [5.41, 5.74) is 0.988. The molecule has 3 unspecified atom stereocenters. The van der Waals surface area contributed by atoms with E-state index in [1.54, 1.807) is 0 Å². The Morgan fingerprint density at radius 1 is 0.700 bits per heavy atom. The van der Waals surface area contributed by atoms with Gasteiger partial charge >= 0.3 is 0 Å². The van der Waals surface area contributed by atoms with Crippen molar-refractivity contribution in [1.29, 1.82) is 0 Å². The third kappa shape index (κ3) is 4.20. The molecular weight excluding hydrogens is 263 g/mol. The van der Waals surface area contributed by atoms with Gasteiger partial charge in [0.25, 0.3) is 0 Å². The molecule has 0 saturated heterocycles. The van der Waals surface area contributed by atoms with Gasteiger partial charge in [-0.3, -0.25) is 0 Å². The zero-order valence-corrected chi connectivity index (χ0v) is 16.4. The fraction of sp³-hybridized carbons (Fsp3) is 1.00. The zero-order valence-electron chi connectivity index (χ0n) is 15.2. The second-order valence-corrected chi connectivity index (χ2v) is 10.4. The van der Waals surface area contributed by atoms with E-state index in [0.717, 1.165) is 5.92 Å². The van der Waals surface area contributed by atoms with E-state index >= 15 is 0 Å². The molecule has 0 aromatic rings. The monoisotopic (exact) mass is 300 g/mol. The van der Waals surface area contributed by atoms with Gasteiger partial charge in [0.15, 0.2) is 0 Å². The lowest BCUT2D eigenvalue weighted by molar-refractivity contribution is -0.0797. The van der Waals surface area contributed by atoms with E-state index < -0.39 is 0 Å². The molecule has 0 heterocycles. The van der Waals surface area contributed by atoms with E-state index in [0.29, 0.717) is 34.2 Å². The number of hydrogen-bond acceptors (Lipinski definition) is 1. The summed E-state index contributed by atoms with van der Waals surface area (Å²) in [7, 11) is 2.55. The van der Waals surface area contributed by atoms with Crippen LogP contribution in [0.4, 0.5) is 0 Å². The fourth-order valence-corrected chi connectivity index (χ4v) is 4.23. The lowest BCUT2D eigenvalue weighted by Crippen LogP contribution is -2.50. The molecule has 0 spiro atoms. The molecule has 1 aliphatic rings. The van der Waals surface area contributed by atoms with Gasteiger partial charge < -0.3 is 4.52 Å².